The van der Waals surface area contributed by atoms with Gasteiger partial charge in [-0.1, -0.05) is 17.7 Å². The molecule has 1 fully saturated rings. The quantitative estimate of drug-likeness (QED) is 0.608. The Hall–Kier alpha value is -2.19. The third-order valence-corrected chi connectivity index (χ3v) is 3.55. The Bertz CT molecular complexity index is 607. The SMILES string of the molecule is NC(=O)C1CNCCN1C(=O)c1c(Cl)cccc1[N+](=O)[O-]. The minimum absolute atomic E-state index is 0.0315. The van der Waals surface area contributed by atoms with E-state index < -0.39 is 28.5 Å². The molecule has 1 aliphatic rings. The molecule has 112 valence electrons. The van der Waals surface area contributed by atoms with Gasteiger partial charge in [-0.2, -0.15) is 0 Å². The molecule has 0 bridgehead atoms. The Balaban J connectivity index is 2.44. The number of halogens is 1. The van der Waals surface area contributed by atoms with Crippen LogP contribution in [0.3, 0.4) is 0 Å². The maximum Gasteiger partial charge on any atom is 0.283 e. The summed E-state index contributed by atoms with van der Waals surface area (Å²) in [5.74, 6) is -1.34. The molecule has 1 aromatic rings. The molecule has 1 atom stereocenters. The lowest BCUT2D eigenvalue weighted by Gasteiger charge is -2.34. The van der Waals surface area contributed by atoms with Gasteiger partial charge in [-0.15, -0.1) is 0 Å². The predicted molar refractivity (Wildman–Crippen MR) is 75.0 cm³/mol. The number of piperazine rings is 1. The summed E-state index contributed by atoms with van der Waals surface area (Å²) in [5.41, 5.74) is 4.65. The van der Waals surface area contributed by atoms with E-state index in [0.29, 0.717) is 6.54 Å². The second kappa shape index (κ2) is 6.06. The second-order valence-electron chi connectivity index (χ2n) is 4.51. The van der Waals surface area contributed by atoms with E-state index in [1.165, 1.54) is 23.1 Å². The third kappa shape index (κ3) is 2.96. The van der Waals surface area contributed by atoms with E-state index in [-0.39, 0.29) is 23.7 Å². The molecule has 0 saturated carbocycles. The van der Waals surface area contributed by atoms with Crippen molar-refractivity contribution in [3.05, 3.63) is 38.9 Å². The molecule has 1 aliphatic heterocycles. The summed E-state index contributed by atoms with van der Waals surface area (Å²) in [6.45, 7) is 0.891. The second-order valence-corrected chi connectivity index (χ2v) is 4.92. The molecule has 9 heteroatoms. The number of benzene rings is 1. The average Bonchev–Trinajstić information content (AvgIpc) is 2.46. The first-order chi connectivity index (χ1) is 9.93. The van der Waals surface area contributed by atoms with Crippen molar-refractivity contribution in [1.29, 1.82) is 0 Å². The number of nitrogens with zero attached hydrogens (tertiary/aromatic N) is 2. The minimum atomic E-state index is -0.859. The highest BCUT2D eigenvalue weighted by Crippen LogP contribution is 2.28. The Morgan fingerprint density at radius 1 is 1.48 bits per heavy atom. The zero-order valence-corrected chi connectivity index (χ0v) is 11.7. The van der Waals surface area contributed by atoms with Crippen LogP contribution in [-0.2, 0) is 4.79 Å². The fraction of sp³-hybridized carbons (Fsp3) is 0.333. The number of nitro groups is 1. The molecule has 1 aromatic carbocycles. The van der Waals surface area contributed by atoms with Gasteiger partial charge in [-0.3, -0.25) is 19.7 Å². The highest BCUT2D eigenvalue weighted by Gasteiger charge is 2.35. The van der Waals surface area contributed by atoms with E-state index in [9.17, 15) is 19.7 Å². The lowest BCUT2D eigenvalue weighted by Crippen LogP contribution is -2.58. The Morgan fingerprint density at radius 3 is 2.81 bits per heavy atom. The number of nitrogens with one attached hydrogen (secondary N) is 1. The van der Waals surface area contributed by atoms with Crippen LogP contribution < -0.4 is 11.1 Å². The number of nitrogens with two attached hydrogens (primary N) is 1. The molecule has 1 unspecified atom stereocenters. The minimum Gasteiger partial charge on any atom is -0.368 e. The molecular formula is C12H13ClN4O4. The summed E-state index contributed by atoms with van der Waals surface area (Å²) >= 11 is 5.93. The van der Waals surface area contributed by atoms with Crippen molar-refractivity contribution >= 4 is 29.1 Å². The van der Waals surface area contributed by atoms with Crippen molar-refractivity contribution in [1.82, 2.24) is 10.2 Å². The summed E-state index contributed by atoms with van der Waals surface area (Å²) in [7, 11) is 0. The third-order valence-electron chi connectivity index (χ3n) is 3.23. The standard InChI is InChI=1S/C12H13ClN4O4/c13-7-2-1-3-8(17(20)21)10(7)12(19)16-5-4-15-6-9(16)11(14)18/h1-3,9,15H,4-6H2,(H2,14,18). The van der Waals surface area contributed by atoms with Gasteiger partial charge in [-0.25, -0.2) is 0 Å². The van der Waals surface area contributed by atoms with Gasteiger partial charge >= 0.3 is 0 Å². The number of carbonyl (C=O) groups is 2. The van der Waals surface area contributed by atoms with Gasteiger partial charge in [-0.05, 0) is 6.07 Å². The van der Waals surface area contributed by atoms with Crippen LogP contribution in [0.5, 0.6) is 0 Å². The van der Waals surface area contributed by atoms with Crippen molar-refractivity contribution in [3.8, 4) is 0 Å². The summed E-state index contributed by atoms with van der Waals surface area (Å²) in [4.78, 5) is 35.6. The highest BCUT2D eigenvalue weighted by molar-refractivity contribution is 6.34. The summed E-state index contributed by atoms with van der Waals surface area (Å²) in [6, 6.07) is 3.12. The van der Waals surface area contributed by atoms with Gasteiger partial charge in [0.05, 0.1) is 9.95 Å². The number of amides is 2. The molecule has 0 radical (unpaired) electrons. The molecule has 2 rings (SSSR count). The molecule has 1 saturated heterocycles. The number of primary amides is 1. The zero-order chi connectivity index (χ0) is 15.6. The van der Waals surface area contributed by atoms with Crippen LogP contribution in [0, 0.1) is 10.1 Å². The van der Waals surface area contributed by atoms with Gasteiger partial charge in [0, 0.05) is 25.7 Å². The molecular weight excluding hydrogens is 300 g/mol. The van der Waals surface area contributed by atoms with Gasteiger partial charge in [0.25, 0.3) is 11.6 Å². The van der Waals surface area contributed by atoms with Crippen LogP contribution in [0.1, 0.15) is 10.4 Å². The van der Waals surface area contributed by atoms with Crippen molar-refractivity contribution in [2.75, 3.05) is 19.6 Å². The van der Waals surface area contributed by atoms with E-state index in [0.717, 1.165) is 0 Å². The summed E-state index contributed by atoms with van der Waals surface area (Å²) in [6.07, 6.45) is 0. The fourth-order valence-corrected chi connectivity index (χ4v) is 2.47. The molecule has 8 nitrogen and oxygen atoms in total. The number of hydrogen-bond acceptors (Lipinski definition) is 5. The summed E-state index contributed by atoms with van der Waals surface area (Å²) < 4.78 is 0. The molecule has 0 spiro atoms. The maximum absolute atomic E-state index is 12.6. The van der Waals surface area contributed by atoms with Gasteiger partial charge in [0.15, 0.2) is 0 Å². The lowest BCUT2D eigenvalue weighted by molar-refractivity contribution is -0.385. The van der Waals surface area contributed by atoms with E-state index >= 15 is 0 Å². The molecule has 3 N–H and O–H groups in total. The monoisotopic (exact) mass is 312 g/mol. The Morgan fingerprint density at radius 2 is 2.19 bits per heavy atom. The molecule has 1 heterocycles. The van der Waals surface area contributed by atoms with Crippen LogP contribution >= 0.6 is 11.6 Å². The maximum atomic E-state index is 12.6. The largest absolute Gasteiger partial charge is 0.368 e. The molecule has 21 heavy (non-hydrogen) atoms. The number of rotatable bonds is 3. The first-order valence-corrected chi connectivity index (χ1v) is 6.55. The molecule has 2 amide bonds. The molecule has 0 aromatic heterocycles. The predicted octanol–water partition coefficient (Wildman–Crippen LogP) is 0.147. The first-order valence-electron chi connectivity index (χ1n) is 6.17. The molecule has 0 aliphatic carbocycles. The van der Waals surface area contributed by atoms with Crippen LogP contribution in [0.25, 0.3) is 0 Å². The fourth-order valence-electron chi connectivity index (χ4n) is 2.22. The highest BCUT2D eigenvalue weighted by atomic mass is 35.5. The van der Waals surface area contributed by atoms with Crippen LogP contribution in [0.4, 0.5) is 5.69 Å². The van der Waals surface area contributed by atoms with Crippen molar-refractivity contribution < 1.29 is 14.5 Å². The van der Waals surface area contributed by atoms with E-state index in [1.54, 1.807) is 0 Å². The smallest absolute Gasteiger partial charge is 0.283 e. The number of hydrogen-bond donors (Lipinski definition) is 2. The van der Waals surface area contributed by atoms with Gasteiger partial charge < -0.3 is 16.0 Å². The van der Waals surface area contributed by atoms with Crippen molar-refractivity contribution in [3.63, 3.8) is 0 Å². The van der Waals surface area contributed by atoms with E-state index in [4.69, 9.17) is 17.3 Å². The number of carbonyl (C=O) groups excluding carboxylic acids is 2. The van der Waals surface area contributed by atoms with Gasteiger partial charge in [0.1, 0.15) is 11.6 Å². The van der Waals surface area contributed by atoms with Crippen LogP contribution in [0.15, 0.2) is 18.2 Å². The summed E-state index contributed by atoms with van der Waals surface area (Å²) in [5, 5.41) is 14.0. The van der Waals surface area contributed by atoms with E-state index in [1.807, 2.05) is 0 Å². The Kier molecular flexibility index (Phi) is 4.39. The van der Waals surface area contributed by atoms with Crippen molar-refractivity contribution in [2.24, 2.45) is 5.73 Å². The number of nitro benzene ring substituents is 1. The Labute approximate surface area is 125 Å². The zero-order valence-electron chi connectivity index (χ0n) is 10.9. The van der Waals surface area contributed by atoms with Gasteiger partial charge in [0.2, 0.25) is 5.91 Å². The topological polar surface area (TPSA) is 119 Å². The normalized spacial score (nSPS) is 18.3. The van der Waals surface area contributed by atoms with Crippen LogP contribution in [0.2, 0.25) is 5.02 Å². The first kappa shape index (κ1) is 15.2. The van der Waals surface area contributed by atoms with E-state index in [2.05, 4.69) is 5.32 Å². The van der Waals surface area contributed by atoms with Crippen LogP contribution in [-0.4, -0.2) is 47.3 Å². The average molecular weight is 313 g/mol. The lowest BCUT2D eigenvalue weighted by atomic mass is 10.1. The van der Waals surface area contributed by atoms with Crippen molar-refractivity contribution in [2.45, 2.75) is 6.04 Å².